The average molecular weight is 431 g/mol. The Morgan fingerprint density at radius 3 is 2.67 bits per heavy atom. The van der Waals surface area contributed by atoms with Gasteiger partial charge in [0.25, 0.3) is 5.91 Å². The molecule has 2 amide bonds. The van der Waals surface area contributed by atoms with Gasteiger partial charge in [-0.25, -0.2) is 0 Å². The normalized spacial score (nSPS) is 16.8. The molecule has 2 aromatic carbocycles. The first-order valence-electron chi connectivity index (χ1n) is 9.54. The highest BCUT2D eigenvalue weighted by atomic mass is 35.5. The molecule has 1 aliphatic heterocycles. The molecule has 0 spiro atoms. The molecular weight excluding hydrogens is 408 g/mol. The molecule has 30 heavy (non-hydrogen) atoms. The summed E-state index contributed by atoms with van der Waals surface area (Å²) < 4.78 is 10.4. The van der Waals surface area contributed by atoms with Crippen molar-refractivity contribution < 1.29 is 23.9 Å². The molecule has 158 valence electrons. The van der Waals surface area contributed by atoms with Crippen LogP contribution in [0.3, 0.4) is 0 Å². The summed E-state index contributed by atoms with van der Waals surface area (Å²) in [6, 6.07) is 14.2. The van der Waals surface area contributed by atoms with Crippen molar-refractivity contribution in [3.05, 3.63) is 59.1 Å². The summed E-state index contributed by atoms with van der Waals surface area (Å²) in [6.45, 7) is 1.58. The minimum absolute atomic E-state index is 0.00343. The lowest BCUT2D eigenvalue weighted by molar-refractivity contribution is -0.152. The van der Waals surface area contributed by atoms with Crippen molar-refractivity contribution >= 4 is 35.1 Å². The third-order valence-electron chi connectivity index (χ3n) is 4.91. The van der Waals surface area contributed by atoms with Gasteiger partial charge >= 0.3 is 5.97 Å². The van der Waals surface area contributed by atoms with Crippen molar-refractivity contribution in [2.24, 2.45) is 5.92 Å². The van der Waals surface area contributed by atoms with Crippen LogP contribution >= 0.6 is 11.6 Å². The zero-order valence-electron chi connectivity index (χ0n) is 16.8. The van der Waals surface area contributed by atoms with Gasteiger partial charge in [0.1, 0.15) is 5.75 Å². The summed E-state index contributed by atoms with van der Waals surface area (Å²) in [6.07, 6.45) is -0.00343. The second-order valence-corrected chi connectivity index (χ2v) is 7.47. The summed E-state index contributed by atoms with van der Waals surface area (Å²) >= 11 is 6.04. The first-order chi connectivity index (χ1) is 14.4. The minimum Gasteiger partial charge on any atom is -0.495 e. The van der Waals surface area contributed by atoms with Gasteiger partial charge < -0.3 is 19.7 Å². The number of nitrogens with one attached hydrogen (secondary N) is 1. The largest absolute Gasteiger partial charge is 0.495 e. The molecule has 0 aliphatic carbocycles. The highest BCUT2D eigenvalue weighted by Gasteiger charge is 2.37. The van der Waals surface area contributed by atoms with Gasteiger partial charge in [-0.2, -0.15) is 0 Å². The molecule has 0 aromatic heterocycles. The van der Waals surface area contributed by atoms with Crippen LogP contribution in [0, 0.1) is 5.92 Å². The lowest BCUT2D eigenvalue weighted by Crippen LogP contribution is -2.32. The van der Waals surface area contributed by atoms with Gasteiger partial charge in [0.2, 0.25) is 5.91 Å². The van der Waals surface area contributed by atoms with Crippen LogP contribution in [0.15, 0.2) is 48.5 Å². The van der Waals surface area contributed by atoms with E-state index >= 15 is 0 Å². The molecule has 8 heteroatoms. The Hall–Kier alpha value is -3.06. The maximum atomic E-state index is 12.4. The summed E-state index contributed by atoms with van der Waals surface area (Å²) in [5, 5.41) is 3.23. The predicted octanol–water partition coefficient (Wildman–Crippen LogP) is 3.12. The Kier molecular flexibility index (Phi) is 6.95. The second-order valence-electron chi connectivity index (χ2n) is 7.03. The van der Waals surface area contributed by atoms with E-state index in [1.807, 2.05) is 37.3 Å². The molecule has 0 bridgehead atoms. The number of nitrogens with zero attached hydrogens (tertiary/aromatic N) is 1. The number of amides is 2. The van der Waals surface area contributed by atoms with E-state index in [-0.39, 0.29) is 24.9 Å². The average Bonchev–Trinajstić information content (AvgIpc) is 3.14. The number of anilines is 1. The predicted molar refractivity (Wildman–Crippen MR) is 112 cm³/mol. The van der Waals surface area contributed by atoms with Crippen molar-refractivity contribution in [2.75, 3.05) is 25.2 Å². The van der Waals surface area contributed by atoms with Crippen LogP contribution in [0.25, 0.3) is 0 Å². The van der Waals surface area contributed by atoms with Crippen molar-refractivity contribution in [3.8, 4) is 5.75 Å². The van der Waals surface area contributed by atoms with Crippen molar-refractivity contribution in [1.29, 1.82) is 0 Å². The maximum absolute atomic E-state index is 12.4. The number of carbonyl (C=O) groups is 3. The molecule has 0 radical (unpaired) electrons. The number of ether oxygens (including phenoxy) is 2. The minimum atomic E-state index is -0.666. The van der Waals surface area contributed by atoms with Crippen LogP contribution in [-0.2, 0) is 19.1 Å². The van der Waals surface area contributed by atoms with Crippen molar-refractivity contribution in [2.45, 2.75) is 19.4 Å². The highest BCUT2D eigenvalue weighted by molar-refractivity contribution is 6.31. The Balaban J connectivity index is 1.55. The third-order valence-corrected chi connectivity index (χ3v) is 5.15. The number of methoxy groups -OCH3 is 1. The number of carbonyl (C=O) groups excluding carboxylic acids is 3. The van der Waals surface area contributed by atoms with Gasteiger partial charge in [-0.3, -0.25) is 14.4 Å². The van der Waals surface area contributed by atoms with E-state index in [1.54, 1.807) is 18.2 Å². The molecule has 1 heterocycles. The molecule has 7 nitrogen and oxygen atoms in total. The van der Waals surface area contributed by atoms with E-state index in [0.29, 0.717) is 16.5 Å². The van der Waals surface area contributed by atoms with Crippen LogP contribution in [0.1, 0.15) is 24.9 Å². The Morgan fingerprint density at radius 1 is 1.23 bits per heavy atom. The summed E-state index contributed by atoms with van der Waals surface area (Å²) in [4.78, 5) is 38.4. The number of benzene rings is 2. The van der Waals surface area contributed by atoms with E-state index < -0.39 is 24.4 Å². The fourth-order valence-electron chi connectivity index (χ4n) is 3.34. The first-order valence-corrected chi connectivity index (χ1v) is 9.91. The van der Waals surface area contributed by atoms with Crippen LogP contribution in [0.5, 0.6) is 5.75 Å². The molecule has 2 atom stereocenters. The number of hydrogen-bond acceptors (Lipinski definition) is 5. The van der Waals surface area contributed by atoms with Crippen LogP contribution in [-0.4, -0.2) is 38.0 Å². The Morgan fingerprint density at radius 2 is 1.97 bits per heavy atom. The van der Waals surface area contributed by atoms with Gasteiger partial charge in [0.05, 0.1) is 24.8 Å². The molecule has 1 fully saturated rings. The molecule has 0 saturated carbocycles. The standard InChI is InChI=1S/C22H23ClN2O5/c1-14(15-6-4-3-5-7-15)24-20(26)13-30-22(28)16-10-21(27)25(12-16)18-11-17(23)8-9-19(18)29-2/h3-9,11,14,16H,10,12-13H2,1-2H3,(H,24,26)/t14-,16-/m0/s1. The Labute approximate surface area is 179 Å². The van der Waals surface area contributed by atoms with E-state index in [4.69, 9.17) is 21.1 Å². The second kappa shape index (κ2) is 9.63. The summed E-state index contributed by atoms with van der Waals surface area (Å²) in [5.41, 5.74) is 1.45. The smallest absolute Gasteiger partial charge is 0.311 e. The molecule has 0 unspecified atom stereocenters. The van der Waals surface area contributed by atoms with Crippen molar-refractivity contribution in [3.63, 3.8) is 0 Å². The summed E-state index contributed by atoms with van der Waals surface area (Å²) in [5.74, 6) is -1.41. The zero-order valence-corrected chi connectivity index (χ0v) is 17.5. The van der Waals surface area contributed by atoms with E-state index in [1.165, 1.54) is 12.0 Å². The molecule has 3 rings (SSSR count). The van der Waals surface area contributed by atoms with Gasteiger partial charge in [0.15, 0.2) is 6.61 Å². The van der Waals surface area contributed by atoms with Crippen LogP contribution < -0.4 is 15.0 Å². The molecule has 2 aromatic rings. The first kappa shape index (κ1) is 21.6. The summed E-state index contributed by atoms with van der Waals surface area (Å²) in [7, 11) is 1.49. The molecule has 1 aliphatic rings. The molecule has 1 saturated heterocycles. The van der Waals surface area contributed by atoms with Gasteiger partial charge in [-0.15, -0.1) is 0 Å². The monoisotopic (exact) mass is 430 g/mol. The van der Waals surface area contributed by atoms with Crippen LogP contribution in [0.4, 0.5) is 5.69 Å². The fourth-order valence-corrected chi connectivity index (χ4v) is 3.50. The van der Waals surface area contributed by atoms with Gasteiger partial charge in [-0.05, 0) is 30.7 Å². The Bertz CT molecular complexity index is 934. The van der Waals surface area contributed by atoms with Crippen LogP contribution in [0.2, 0.25) is 5.02 Å². The number of rotatable bonds is 7. The van der Waals surface area contributed by atoms with E-state index in [9.17, 15) is 14.4 Å². The highest BCUT2D eigenvalue weighted by Crippen LogP contribution is 2.35. The lowest BCUT2D eigenvalue weighted by Gasteiger charge is -2.19. The lowest BCUT2D eigenvalue weighted by atomic mass is 10.1. The van der Waals surface area contributed by atoms with E-state index in [0.717, 1.165) is 5.56 Å². The zero-order chi connectivity index (χ0) is 21.7. The van der Waals surface area contributed by atoms with Gasteiger partial charge in [0, 0.05) is 18.0 Å². The van der Waals surface area contributed by atoms with E-state index in [2.05, 4.69) is 5.32 Å². The fraction of sp³-hybridized carbons (Fsp3) is 0.318. The number of esters is 1. The number of hydrogen-bond donors (Lipinski definition) is 1. The molecular formula is C22H23ClN2O5. The molecule has 1 N–H and O–H groups in total. The van der Waals surface area contributed by atoms with Crippen molar-refractivity contribution in [1.82, 2.24) is 5.32 Å². The third kappa shape index (κ3) is 5.10. The number of halogens is 1. The quantitative estimate of drug-likeness (QED) is 0.682. The maximum Gasteiger partial charge on any atom is 0.311 e. The topological polar surface area (TPSA) is 84.9 Å². The van der Waals surface area contributed by atoms with Gasteiger partial charge in [-0.1, -0.05) is 41.9 Å². The SMILES string of the molecule is COc1ccc(Cl)cc1N1C[C@@H](C(=O)OCC(=O)N[C@@H](C)c2ccccc2)CC1=O.